The van der Waals surface area contributed by atoms with E-state index < -0.39 is 12.1 Å². The molecule has 0 saturated carbocycles. The van der Waals surface area contributed by atoms with Crippen molar-refractivity contribution < 1.29 is 19.5 Å². The summed E-state index contributed by atoms with van der Waals surface area (Å²) in [6, 6.07) is 0. The van der Waals surface area contributed by atoms with Crippen molar-refractivity contribution in [3.05, 3.63) is 0 Å². The maximum absolute atomic E-state index is 10.7. The Kier molecular flexibility index (Phi) is 10.8. The summed E-state index contributed by atoms with van der Waals surface area (Å²) in [7, 11) is 0. The van der Waals surface area contributed by atoms with E-state index in [-0.39, 0.29) is 6.42 Å². The Morgan fingerprint density at radius 3 is 1.70 bits per heavy atom. The number of carbonyl (C=O) groups is 1. The summed E-state index contributed by atoms with van der Waals surface area (Å²) in [6.45, 7) is 10.2. The van der Waals surface area contributed by atoms with E-state index in [0.29, 0.717) is 6.54 Å². The van der Waals surface area contributed by atoms with Crippen LogP contribution in [0.2, 0.25) is 0 Å². The molecule has 4 heteroatoms. The largest absolute Gasteiger partial charge is 0.550 e. The second kappa shape index (κ2) is 11.1. The van der Waals surface area contributed by atoms with Crippen LogP contribution in [0.5, 0.6) is 0 Å². The standard InChI is InChI=1S/C16H33NO3/c1-4-7-10-17(11-8-5-2,12-9-6-3)14-15(18)13-16(19)20/h15,18H,4-14H2,1-3H3. The normalized spacial score (nSPS) is 13.4. The Balaban J connectivity index is 4.77. The lowest BCUT2D eigenvalue weighted by Gasteiger charge is -2.40. The SMILES string of the molecule is CCCC[N+](CCCC)(CCCC)CC(O)CC(=O)[O-]. The molecule has 4 nitrogen and oxygen atoms in total. The molecule has 0 radical (unpaired) electrons. The first-order valence-electron chi connectivity index (χ1n) is 8.22. The molecule has 0 heterocycles. The molecule has 0 aliphatic heterocycles. The van der Waals surface area contributed by atoms with Crippen LogP contribution in [-0.4, -0.2) is 47.8 Å². The molecule has 0 aliphatic carbocycles. The van der Waals surface area contributed by atoms with Crippen LogP contribution in [0.3, 0.4) is 0 Å². The van der Waals surface area contributed by atoms with Gasteiger partial charge in [-0.2, -0.15) is 0 Å². The molecule has 0 bridgehead atoms. The summed E-state index contributed by atoms with van der Waals surface area (Å²) in [5, 5.41) is 20.7. The van der Waals surface area contributed by atoms with Crippen LogP contribution in [0.4, 0.5) is 0 Å². The van der Waals surface area contributed by atoms with Gasteiger partial charge in [0.15, 0.2) is 0 Å². The fourth-order valence-corrected chi connectivity index (χ4v) is 2.79. The lowest BCUT2D eigenvalue weighted by Crippen LogP contribution is -2.54. The highest BCUT2D eigenvalue weighted by Crippen LogP contribution is 2.16. The molecule has 1 N–H and O–H groups in total. The summed E-state index contributed by atoms with van der Waals surface area (Å²) in [6.07, 6.45) is 5.76. The lowest BCUT2D eigenvalue weighted by molar-refractivity contribution is -0.931. The zero-order chi connectivity index (χ0) is 15.4. The van der Waals surface area contributed by atoms with E-state index in [2.05, 4.69) is 20.8 Å². The predicted octanol–water partition coefficient (Wildman–Crippen LogP) is 1.70. The number of hydrogen-bond donors (Lipinski definition) is 1. The minimum absolute atomic E-state index is 0.246. The van der Waals surface area contributed by atoms with Crippen molar-refractivity contribution in [2.24, 2.45) is 0 Å². The van der Waals surface area contributed by atoms with Crippen molar-refractivity contribution in [1.82, 2.24) is 0 Å². The van der Waals surface area contributed by atoms with Gasteiger partial charge in [-0.25, -0.2) is 0 Å². The number of aliphatic hydroxyl groups is 1. The topological polar surface area (TPSA) is 60.4 Å². The van der Waals surface area contributed by atoms with Gasteiger partial charge in [0, 0.05) is 12.4 Å². The van der Waals surface area contributed by atoms with Crippen molar-refractivity contribution in [2.45, 2.75) is 71.8 Å². The Bertz CT molecular complexity index is 234. The third kappa shape index (κ3) is 8.54. The minimum atomic E-state index is -1.16. The van der Waals surface area contributed by atoms with Crippen LogP contribution in [0, 0.1) is 0 Å². The zero-order valence-electron chi connectivity index (χ0n) is 13.6. The average molecular weight is 287 g/mol. The maximum atomic E-state index is 10.7. The second-order valence-corrected chi connectivity index (χ2v) is 5.99. The highest BCUT2D eigenvalue weighted by atomic mass is 16.4. The number of hydrogen-bond acceptors (Lipinski definition) is 3. The Hall–Kier alpha value is -0.610. The molecule has 0 aromatic rings. The van der Waals surface area contributed by atoms with E-state index in [1.165, 1.54) is 0 Å². The van der Waals surface area contributed by atoms with Crippen molar-refractivity contribution >= 4 is 5.97 Å². The third-order valence-electron chi connectivity index (χ3n) is 3.96. The molecule has 0 aromatic heterocycles. The van der Waals surface area contributed by atoms with Gasteiger partial charge in [0.25, 0.3) is 0 Å². The van der Waals surface area contributed by atoms with Gasteiger partial charge >= 0.3 is 0 Å². The lowest BCUT2D eigenvalue weighted by atomic mass is 10.1. The van der Waals surface area contributed by atoms with E-state index in [1.54, 1.807) is 0 Å². The summed E-state index contributed by atoms with van der Waals surface area (Å²) < 4.78 is 0.865. The first-order valence-corrected chi connectivity index (χ1v) is 8.22. The highest BCUT2D eigenvalue weighted by molar-refractivity contribution is 5.64. The van der Waals surface area contributed by atoms with E-state index in [1.807, 2.05) is 0 Å². The van der Waals surface area contributed by atoms with Crippen LogP contribution >= 0.6 is 0 Å². The van der Waals surface area contributed by atoms with Gasteiger partial charge in [0.2, 0.25) is 0 Å². The Labute approximate surface area is 124 Å². The molecule has 120 valence electrons. The highest BCUT2D eigenvalue weighted by Gasteiger charge is 2.28. The van der Waals surface area contributed by atoms with E-state index in [4.69, 9.17) is 0 Å². The van der Waals surface area contributed by atoms with Crippen molar-refractivity contribution in [1.29, 1.82) is 0 Å². The van der Waals surface area contributed by atoms with E-state index >= 15 is 0 Å². The van der Waals surface area contributed by atoms with Crippen LogP contribution in [0.15, 0.2) is 0 Å². The molecule has 20 heavy (non-hydrogen) atoms. The number of quaternary nitrogens is 1. The van der Waals surface area contributed by atoms with Crippen LogP contribution in [0.25, 0.3) is 0 Å². The van der Waals surface area contributed by atoms with Gasteiger partial charge in [-0.05, 0) is 19.3 Å². The maximum Gasteiger partial charge on any atom is 0.108 e. The zero-order valence-corrected chi connectivity index (χ0v) is 13.6. The van der Waals surface area contributed by atoms with E-state index in [9.17, 15) is 15.0 Å². The van der Waals surface area contributed by atoms with Crippen molar-refractivity contribution in [3.8, 4) is 0 Å². The van der Waals surface area contributed by atoms with Gasteiger partial charge in [-0.3, -0.25) is 0 Å². The van der Waals surface area contributed by atoms with E-state index in [0.717, 1.165) is 62.6 Å². The monoisotopic (exact) mass is 287 g/mol. The molecule has 1 atom stereocenters. The van der Waals surface area contributed by atoms with Crippen molar-refractivity contribution in [2.75, 3.05) is 26.2 Å². The first-order chi connectivity index (χ1) is 9.49. The third-order valence-corrected chi connectivity index (χ3v) is 3.96. The Morgan fingerprint density at radius 1 is 1.00 bits per heavy atom. The number of nitrogens with zero attached hydrogens (tertiary/aromatic N) is 1. The number of carboxylic acids is 1. The second-order valence-electron chi connectivity index (χ2n) is 5.99. The number of carboxylic acid groups (broad SMARTS) is 1. The number of rotatable bonds is 13. The molecule has 0 fully saturated rings. The fourth-order valence-electron chi connectivity index (χ4n) is 2.79. The van der Waals surface area contributed by atoms with Gasteiger partial charge in [0.1, 0.15) is 12.6 Å². The van der Waals surface area contributed by atoms with Crippen LogP contribution in [-0.2, 0) is 4.79 Å². The molecule has 0 spiro atoms. The Morgan fingerprint density at radius 2 is 1.40 bits per heavy atom. The summed E-state index contributed by atoms with van der Waals surface area (Å²) in [5.41, 5.74) is 0. The fraction of sp³-hybridized carbons (Fsp3) is 0.938. The molecule has 0 amide bonds. The average Bonchev–Trinajstić information content (AvgIpc) is 2.39. The smallest absolute Gasteiger partial charge is 0.108 e. The first kappa shape index (κ1) is 19.4. The minimum Gasteiger partial charge on any atom is -0.550 e. The molecule has 1 unspecified atom stereocenters. The molecule has 0 aromatic carbocycles. The van der Waals surface area contributed by atoms with Gasteiger partial charge in [-0.15, -0.1) is 0 Å². The van der Waals surface area contributed by atoms with Gasteiger partial charge in [-0.1, -0.05) is 40.0 Å². The number of unbranched alkanes of at least 4 members (excludes halogenated alkanes) is 3. The van der Waals surface area contributed by atoms with Crippen LogP contribution < -0.4 is 5.11 Å². The summed E-state index contributed by atoms with van der Waals surface area (Å²) in [4.78, 5) is 10.7. The summed E-state index contributed by atoms with van der Waals surface area (Å²) in [5.74, 6) is -1.16. The van der Waals surface area contributed by atoms with Gasteiger partial charge < -0.3 is 19.5 Å². The number of aliphatic carboxylic acids is 1. The predicted molar refractivity (Wildman–Crippen MR) is 80.1 cm³/mol. The number of aliphatic hydroxyl groups excluding tert-OH is 1. The molecule has 0 rings (SSSR count). The molecular formula is C16H33NO3. The molecule has 0 aliphatic rings. The number of carbonyl (C=O) groups excluding carboxylic acids is 1. The summed E-state index contributed by atoms with van der Waals surface area (Å²) >= 11 is 0. The van der Waals surface area contributed by atoms with Crippen molar-refractivity contribution in [3.63, 3.8) is 0 Å². The molecular weight excluding hydrogens is 254 g/mol. The van der Waals surface area contributed by atoms with Gasteiger partial charge in [0.05, 0.1) is 19.6 Å². The van der Waals surface area contributed by atoms with Crippen LogP contribution in [0.1, 0.15) is 65.7 Å². The quantitative estimate of drug-likeness (QED) is 0.525. The molecule has 0 saturated heterocycles.